The van der Waals surface area contributed by atoms with E-state index in [2.05, 4.69) is 9.97 Å². The monoisotopic (exact) mass is 224 g/mol. The van der Waals surface area contributed by atoms with Gasteiger partial charge in [0.1, 0.15) is 10.2 Å². The van der Waals surface area contributed by atoms with Crippen molar-refractivity contribution in [2.45, 2.75) is 13.8 Å². The van der Waals surface area contributed by atoms with E-state index in [9.17, 15) is 0 Å². The quantitative estimate of drug-likeness (QED) is 0.741. The number of pyridine rings is 1. The Bertz CT molecular complexity index is 428. The fraction of sp³-hybridized carbons (Fsp3) is 0.200. The molecule has 0 spiro atoms. The highest BCUT2D eigenvalue weighted by molar-refractivity contribution is 7.15. The van der Waals surface area contributed by atoms with Crippen LogP contribution in [0.4, 0.5) is 0 Å². The number of hydrogen-bond acceptors (Lipinski definition) is 3. The third-order valence-corrected chi connectivity index (χ3v) is 3.40. The summed E-state index contributed by atoms with van der Waals surface area (Å²) in [5.74, 6) is 0. The largest absolute Gasteiger partial charge is 0.261 e. The highest BCUT2D eigenvalue weighted by Gasteiger charge is 2.07. The lowest BCUT2D eigenvalue weighted by Gasteiger charge is -1.95. The van der Waals surface area contributed by atoms with Crippen LogP contribution in [-0.2, 0) is 0 Å². The molecular formula is C10H9ClN2S. The lowest BCUT2D eigenvalue weighted by molar-refractivity contribution is 1.20. The van der Waals surface area contributed by atoms with Gasteiger partial charge in [0.25, 0.3) is 0 Å². The Morgan fingerprint density at radius 2 is 2.07 bits per heavy atom. The molecule has 0 saturated carbocycles. The third-order valence-electron chi connectivity index (χ3n) is 1.90. The van der Waals surface area contributed by atoms with E-state index in [0.29, 0.717) is 5.15 Å². The number of thiazole rings is 1. The summed E-state index contributed by atoms with van der Waals surface area (Å²) in [6.07, 6.45) is 1.82. The first-order valence-corrected chi connectivity index (χ1v) is 5.42. The van der Waals surface area contributed by atoms with E-state index in [1.807, 2.05) is 32.2 Å². The number of aromatic nitrogens is 2. The molecule has 0 aromatic carbocycles. The van der Waals surface area contributed by atoms with E-state index in [0.717, 1.165) is 21.1 Å². The molecule has 0 aliphatic heterocycles. The van der Waals surface area contributed by atoms with Crippen LogP contribution in [-0.4, -0.2) is 9.97 Å². The number of aryl methyl sites for hydroxylation is 2. The molecule has 72 valence electrons. The summed E-state index contributed by atoms with van der Waals surface area (Å²) >= 11 is 7.48. The average Bonchev–Trinajstić information content (AvgIpc) is 2.48. The van der Waals surface area contributed by atoms with Gasteiger partial charge in [-0.05, 0) is 26.0 Å². The molecule has 0 unspecified atom stereocenters. The molecule has 0 N–H and O–H groups in total. The molecule has 2 heterocycles. The summed E-state index contributed by atoms with van der Waals surface area (Å²) in [5.41, 5.74) is 2.03. The van der Waals surface area contributed by atoms with Crippen LogP contribution in [0.5, 0.6) is 0 Å². The summed E-state index contributed by atoms with van der Waals surface area (Å²) in [6, 6.07) is 3.98. The first-order chi connectivity index (χ1) is 6.66. The van der Waals surface area contributed by atoms with Crippen LogP contribution < -0.4 is 0 Å². The van der Waals surface area contributed by atoms with Gasteiger partial charge in [-0.1, -0.05) is 11.6 Å². The Balaban J connectivity index is 2.44. The van der Waals surface area contributed by atoms with E-state index in [1.165, 1.54) is 0 Å². The van der Waals surface area contributed by atoms with Crippen molar-refractivity contribution in [1.82, 2.24) is 9.97 Å². The molecular weight excluding hydrogens is 216 g/mol. The normalized spacial score (nSPS) is 10.5. The van der Waals surface area contributed by atoms with Crippen LogP contribution >= 0.6 is 22.9 Å². The molecule has 0 saturated heterocycles. The minimum Gasteiger partial charge on any atom is -0.261 e. The van der Waals surface area contributed by atoms with Crippen molar-refractivity contribution in [2.24, 2.45) is 0 Å². The molecule has 4 heteroatoms. The standard InChI is InChI=1S/C10H9ClN2S/c1-6-3-4-8(5-12-6)10-13-9(11)7(2)14-10/h3-5H,1-2H3. The Morgan fingerprint density at radius 1 is 1.29 bits per heavy atom. The molecule has 0 aliphatic carbocycles. The van der Waals surface area contributed by atoms with Crippen LogP contribution in [0, 0.1) is 13.8 Å². The lowest BCUT2D eigenvalue weighted by Crippen LogP contribution is -1.81. The lowest BCUT2D eigenvalue weighted by atomic mass is 10.3. The molecule has 2 aromatic rings. The molecule has 0 bridgehead atoms. The number of rotatable bonds is 1. The van der Waals surface area contributed by atoms with Crippen LogP contribution in [0.2, 0.25) is 5.15 Å². The SMILES string of the molecule is Cc1ccc(-c2nc(Cl)c(C)s2)cn1. The van der Waals surface area contributed by atoms with E-state index in [4.69, 9.17) is 11.6 Å². The van der Waals surface area contributed by atoms with Gasteiger partial charge in [0.05, 0.1) is 0 Å². The fourth-order valence-electron chi connectivity index (χ4n) is 1.10. The van der Waals surface area contributed by atoms with Gasteiger partial charge in [0.15, 0.2) is 0 Å². The number of hydrogen-bond donors (Lipinski definition) is 0. The zero-order valence-corrected chi connectivity index (χ0v) is 9.49. The first-order valence-electron chi connectivity index (χ1n) is 4.23. The second-order valence-corrected chi connectivity index (χ2v) is 4.62. The Labute approximate surface area is 91.6 Å². The zero-order chi connectivity index (χ0) is 10.1. The molecule has 0 amide bonds. The Morgan fingerprint density at radius 3 is 2.57 bits per heavy atom. The predicted molar refractivity (Wildman–Crippen MR) is 59.8 cm³/mol. The molecule has 2 aromatic heterocycles. The zero-order valence-electron chi connectivity index (χ0n) is 7.91. The summed E-state index contributed by atoms with van der Waals surface area (Å²) in [4.78, 5) is 9.52. The van der Waals surface area contributed by atoms with Crippen molar-refractivity contribution in [3.63, 3.8) is 0 Å². The number of halogens is 1. The predicted octanol–water partition coefficient (Wildman–Crippen LogP) is 3.48. The van der Waals surface area contributed by atoms with E-state index in [-0.39, 0.29) is 0 Å². The van der Waals surface area contributed by atoms with E-state index in [1.54, 1.807) is 11.3 Å². The number of nitrogens with zero attached hydrogens (tertiary/aromatic N) is 2. The minimum absolute atomic E-state index is 0.588. The van der Waals surface area contributed by atoms with Crippen LogP contribution in [0.15, 0.2) is 18.3 Å². The molecule has 14 heavy (non-hydrogen) atoms. The second kappa shape index (κ2) is 3.67. The van der Waals surface area contributed by atoms with Gasteiger partial charge in [0.2, 0.25) is 0 Å². The van der Waals surface area contributed by atoms with Crippen molar-refractivity contribution >= 4 is 22.9 Å². The van der Waals surface area contributed by atoms with Crippen LogP contribution in [0.3, 0.4) is 0 Å². The van der Waals surface area contributed by atoms with Crippen molar-refractivity contribution in [1.29, 1.82) is 0 Å². The van der Waals surface area contributed by atoms with Crippen molar-refractivity contribution in [2.75, 3.05) is 0 Å². The molecule has 2 rings (SSSR count). The van der Waals surface area contributed by atoms with Gasteiger partial charge < -0.3 is 0 Å². The van der Waals surface area contributed by atoms with Gasteiger partial charge >= 0.3 is 0 Å². The van der Waals surface area contributed by atoms with Gasteiger partial charge in [-0.3, -0.25) is 4.98 Å². The van der Waals surface area contributed by atoms with E-state index < -0.39 is 0 Å². The van der Waals surface area contributed by atoms with Crippen LogP contribution in [0.25, 0.3) is 10.6 Å². The fourth-order valence-corrected chi connectivity index (χ4v) is 2.14. The Kier molecular flexibility index (Phi) is 2.52. The maximum atomic E-state index is 5.89. The van der Waals surface area contributed by atoms with Gasteiger partial charge in [0, 0.05) is 22.3 Å². The van der Waals surface area contributed by atoms with Gasteiger partial charge in [-0.25, -0.2) is 4.98 Å². The van der Waals surface area contributed by atoms with Crippen molar-refractivity contribution < 1.29 is 0 Å². The molecule has 0 radical (unpaired) electrons. The topological polar surface area (TPSA) is 25.8 Å². The maximum absolute atomic E-state index is 5.89. The van der Waals surface area contributed by atoms with E-state index >= 15 is 0 Å². The third kappa shape index (κ3) is 1.79. The summed E-state index contributed by atoms with van der Waals surface area (Å²) in [6.45, 7) is 3.93. The highest BCUT2D eigenvalue weighted by atomic mass is 35.5. The minimum atomic E-state index is 0.588. The Hall–Kier alpha value is -0.930. The average molecular weight is 225 g/mol. The highest BCUT2D eigenvalue weighted by Crippen LogP contribution is 2.29. The summed E-state index contributed by atoms with van der Waals surface area (Å²) < 4.78 is 0. The maximum Gasteiger partial charge on any atom is 0.143 e. The first kappa shape index (κ1) is 9.62. The molecule has 0 fully saturated rings. The smallest absolute Gasteiger partial charge is 0.143 e. The van der Waals surface area contributed by atoms with Crippen LogP contribution in [0.1, 0.15) is 10.6 Å². The van der Waals surface area contributed by atoms with Crippen molar-refractivity contribution in [3.05, 3.63) is 34.1 Å². The second-order valence-electron chi connectivity index (χ2n) is 3.05. The molecule has 0 aliphatic rings. The molecule has 2 nitrogen and oxygen atoms in total. The summed E-state index contributed by atoms with van der Waals surface area (Å²) in [7, 11) is 0. The summed E-state index contributed by atoms with van der Waals surface area (Å²) in [5, 5.41) is 1.52. The van der Waals surface area contributed by atoms with Gasteiger partial charge in [-0.15, -0.1) is 11.3 Å². The van der Waals surface area contributed by atoms with Crippen molar-refractivity contribution in [3.8, 4) is 10.6 Å². The molecule has 0 atom stereocenters. The van der Waals surface area contributed by atoms with Gasteiger partial charge in [-0.2, -0.15) is 0 Å².